The van der Waals surface area contributed by atoms with Crippen molar-refractivity contribution in [1.29, 1.82) is 0 Å². The number of hydrogen-bond donors (Lipinski definition) is 0. The third kappa shape index (κ3) is 5.00. The van der Waals surface area contributed by atoms with Crippen LogP contribution in [0.3, 0.4) is 0 Å². The van der Waals surface area contributed by atoms with Gasteiger partial charge in [0, 0.05) is 0 Å². The van der Waals surface area contributed by atoms with Gasteiger partial charge in [-0.1, -0.05) is 67.2 Å². The first kappa shape index (κ1) is 18.3. The average molecular weight is 307 g/mol. The summed E-state index contributed by atoms with van der Waals surface area (Å²) in [5.41, 5.74) is 0. The fourth-order valence-corrected chi connectivity index (χ4v) is 5.26. The Balaban J connectivity index is 1.74. The lowest BCUT2D eigenvalue weighted by atomic mass is 9.69. The largest absolute Gasteiger partial charge is 0.0623 e. The first-order valence-corrected chi connectivity index (χ1v) is 10.4. The van der Waals surface area contributed by atoms with Crippen molar-refractivity contribution in [2.24, 2.45) is 47.3 Å². The molecule has 0 saturated heterocycles. The summed E-state index contributed by atoms with van der Waals surface area (Å²) in [6, 6.07) is 0. The zero-order valence-electron chi connectivity index (χ0n) is 16.3. The van der Waals surface area contributed by atoms with Crippen molar-refractivity contribution >= 4 is 0 Å². The predicted octanol–water partition coefficient (Wildman–Crippen LogP) is 7.18. The van der Waals surface area contributed by atoms with E-state index in [1.165, 1.54) is 51.4 Å². The van der Waals surface area contributed by atoms with Crippen LogP contribution in [0.25, 0.3) is 0 Å². The van der Waals surface area contributed by atoms with Gasteiger partial charge >= 0.3 is 0 Å². The van der Waals surface area contributed by atoms with Gasteiger partial charge in [0.15, 0.2) is 0 Å². The molecule has 0 aromatic carbocycles. The minimum absolute atomic E-state index is 0.931. The van der Waals surface area contributed by atoms with Crippen LogP contribution in [0.15, 0.2) is 0 Å². The zero-order valence-corrected chi connectivity index (χ0v) is 16.3. The molecule has 2 saturated carbocycles. The molecule has 130 valence electrons. The first-order valence-electron chi connectivity index (χ1n) is 10.4. The Hall–Kier alpha value is 0. The normalized spacial score (nSPS) is 42.8. The van der Waals surface area contributed by atoms with E-state index in [4.69, 9.17) is 0 Å². The third-order valence-corrected chi connectivity index (χ3v) is 7.80. The highest BCUT2D eigenvalue weighted by Gasteiger charge is 2.29. The number of rotatable bonds is 5. The molecule has 0 heterocycles. The molecule has 0 aliphatic heterocycles. The summed E-state index contributed by atoms with van der Waals surface area (Å²) in [5, 5.41) is 0. The quantitative estimate of drug-likeness (QED) is 0.504. The van der Waals surface area contributed by atoms with Crippen molar-refractivity contribution in [2.75, 3.05) is 0 Å². The van der Waals surface area contributed by atoms with Crippen molar-refractivity contribution < 1.29 is 0 Å². The Morgan fingerprint density at radius 1 is 0.591 bits per heavy atom. The van der Waals surface area contributed by atoms with Crippen LogP contribution in [0, 0.1) is 47.3 Å². The Kier molecular flexibility index (Phi) is 6.84. The van der Waals surface area contributed by atoms with Crippen LogP contribution in [0.2, 0.25) is 0 Å². The van der Waals surface area contributed by atoms with Crippen LogP contribution in [-0.2, 0) is 0 Å². The molecular weight excluding hydrogens is 264 g/mol. The molecule has 0 aromatic heterocycles. The molecule has 0 aromatic rings. The van der Waals surface area contributed by atoms with Crippen LogP contribution >= 0.6 is 0 Å². The van der Waals surface area contributed by atoms with Gasteiger partial charge < -0.3 is 0 Å². The molecule has 8 atom stereocenters. The second kappa shape index (κ2) is 8.20. The minimum Gasteiger partial charge on any atom is -0.0623 e. The highest BCUT2D eigenvalue weighted by molar-refractivity contribution is 4.80. The molecule has 0 nitrogen and oxygen atoms in total. The molecule has 2 fully saturated rings. The van der Waals surface area contributed by atoms with Gasteiger partial charge in [0.2, 0.25) is 0 Å². The fraction of sp³-hybridized carbons (Fsp3) is 1.00. The van der Waals surface area contributed by atoms with Gasteiger partial charge in [0.1, 0.15) is 0 Å². The van der Waals surface area contributed by atoms with E-state index in [1.54, 1.807) is 0 Å². The SMILES string of the molecule is CC1CCC(CC(C)C(C)CC2CCC(C)C(C)C2)CC1C. The maximum Gasteiger partial charge on any atom is -0.0409 e. The molecule has 0 heteroatoms. The summed E-state index contributed by atoms with van der Waals surface area (Å²) in [6.07, 6.45) is 11.9. The lowest BCUT2D eigenvalue weighted by Crippen LogP contribution is -2.26. The van der Waals surface area contributed by atoms with Crippen LogP contribution in [0.1, 0.15) is 92.9 Å². The molecule has 0 radical (unpaired) electrons. The Bertz CT molecular complexity index is 288. The van der Waals surface area contributed by atoms with E-state index in [0.717, 1.165) is 47.3 Å². The van der Waals surface area contributed by atoms with E-state index in [2.05, 4.69) is 41.5 Å². The van der Waals surface area contributed by atoms with Crippen molar-refractivity contribution in [3.63, 3.8) is 0 Å². The first-order chi connectivity index (χ1) is 10.4. The summed E-state index contributed by atoms with van der Waals surface area (Å²) < 4.78 is 0. The zero-order chi connectivity index (χ0) is 16.3. The Morgan fingerprint density at radius 3 is 1.27 bits per heavy atom. The Labute approximate surface area is 140 Å². The van der Waals surface area contributed by atoms with Gasteiger partial charge in [-0.25, -0.2) is 0 Å². The molecule has 2 aliphatic carbocycles. The molecule has 2 aliphatic rings. The van der Waals surface area contributed by atoms with Gasteiger partial charge in [-0.2, -0.15) is 0 Å². The van der Waals surface area contributed by atoms with E-state index in [9.17, 15) is 0 Å². The standard InChI is InChI=1S/C22H42/c1-15-7-9-21(11-17(15)3)13-19(5)20(6)14-22-10-8-16(2)18(4)12-22/h15-22H,7-14H2,1-6H3. The van der Waals surface area contributed by atoms with Gasteiger partial charge in [0.25, 0.3) is 0 Å². The lowest BCUT2D eigenvalue weighted by Gasteiger charge is -2.37. The van der Waals surface area contributed by atoms with E-state index < -0.39 is 0 Å². The van der Waals surface area contributed by atoms with Crippen LogP contribution in [-0.4, -0.2) is 0 Å². The summed E-state index contributed by atoms with van der Waals surface area (Å²) in [7, 11) is 0. The van der Waals surface area contributed by atoms with Crippen molar-refractivity contribution in [1.82, 2.24) is 0 Å². The van der Waals surface area contributed by atoms with Crippen molar-refractivity contribution in [3.05, 3.63) is 0 Å². The highest BCUT2D eigenvalue weighted by atomic mass is 14.3. The van der Waals surface area contributed by atoms with Crippen molar-refractivity contribution in [2.45, 2.75) is 92.9 Å². The minimum atomic E-state index is 0.931. The second-order valence-corrected chi connectivity index (χ2v) is 9.69. The summed E-state index contributed by atoms with van der Waals surface area (Å²) in [4.78, 5) is 0. The topological polar surface area (TPSA) is 0 Å². The molecule has 2 rings (SSSR count). The molecule has 22 heavy (non-hydrogen) atoms. The lowest BCUT2D eigenvalue weighted by molar-refractivity contribution is 0.144. The van der Waals surface area contributed by atoms with Crippen molar-refractivity contribution in [3.8, 4) is 0 Å². The van der Waals surface area contributed by atoms with Gasteiger partial charge in [-0.05, 0) is 73.0 Å². The van der Waals surface area contributed by atoms with Crippen LogP contribution in [0.5, 0.6) is 0 Å². The maximum atomic E-state index is 2.54. The summed E-state index contributed by atoms with van der Waals surface area (Å²) in [5.74, 6) is 7.76. The predicted molar refractivity (Wildman–Crippen MR) is 98.9 cm³/mol. The van der Waals surface area contributed by atoms with Crippen LogP contribution in [0.4, 0.5) is 0 Å². The second-order valence-electron chi connectivity index (χ2n) is 9.69. The third-order valence-electron chi connectivity index (χ3n) is 7.80. The molecular formula is C22H42. The molecule has 0 amide bonds. The average Bonchev–Trinajstić information content (AvgIpc) is 2.46. The molecule has 8 unspecified atom stereocenters. The summed E-state index contributed by atoms with van der Waals surface area (Å²) >= 11 is 0. The maximum absolute atomic E-state index is 2.54. The van der Waals surface area contributed by atoms with E-state index in [1.807, 2.05) is 0 Å². The van der Waals surface area contributed by atoms with E-state index in [0.29, 0.717) is 0 Å². The smallest absolute Gasteiger partial charge is 0.0409 e. The fourth-order valence-electron chi connectivity index (χ4n) is 5.26. The molecule has 0 bridgehead atoms. The molecule has 0 spiro atoms. The van der Waals surface area contributed by atoms with E-state index >= 15 is 0 Å². The Morgan fingerprint density at radius 2 is 0.955 bits per heavy atom. The van der Waals surface area contributed by atoms with Gasteiger partial charge in [-0.3, -0.25) is 0 Å². The highest BCUT2D eigenvalue weighted by Crippen LogP contribution is 2.41. The molecule has 0 N–H and O–H groups in total. The summed E-state index contributed by atoms with van der Waals surface area (Å²) in [6.45, 7) is 15.0. The number of hydrogen-bond acceptors (Lipinski definition) is 0. The van der Waals surface area contributed by atoms with Gasteiger partial charge in [0.05, 0.1) is 0 Å². The van der Waals surface area contributed by atoms with Crippen LogP contribution < -0.4 is 0 Å². The van der Waals surface area contributed by atoms with E-state index in [-0.39, 0.29) is 0 Å². The monoisotopic (exact) mass is 306 g/mol. The van der Waals surface area contributed by atoms with Gasteiger partial charge in [-0.15, -0.1) is 0 Å².